The first kappa shape index (κ1) is 12.9. The fourth-order valence-corrected chi connectivity index (χ4v) is 2.51. The summed E-state index contributed by atoms with van der Waals surface area (Å²) in [6, 6.07) is 11.7. The summed E-state index contributed by atoms with van der Waals surface area (Å²) >= 11 is 3.38. The highest BCUT2D eigenvalue weighted by Gasteiger charge is 2.26. The Morgan fingerprint density at radius 1 is 1.30 bits per heavy atom. The zero-order valence-electron chi connectivity index (χ0n) is 10.3. The van der Waals surface area contributed by atoms with E-state index in [1.807, 2.05) is 18.2 Å². The van der Waals surface area contributed by atoms with Gasteiger partial charge >= 0.3 is 0 Å². The van der Waals surface area contributed by atoms with Crippen LogP contribution in [0.5, 0.6) is 11.5 Å². The van der Waals surface area contributed by atoms with Crippen LogP contribution in [-0.4, -0.2) is 6.61 Å². The molecular weight excluding hydrogens is 325 g/mol. The van der Waals surface area contributed by atoms with Crippen LogP contribution in [0.1, 0.15) is 17.2 Å². The van der Waals surface area contributed by atoms with Crippen molar-refractivity contribution in [3.8, 4) is 17.6 Å². The maximum atomic E-state index is 14.0. The summed E-state index contributed by atoms with van der Waals surface area (Å²) in [5.74, 6) is 0.727. The number of benzene rings is 2. The van der Waals surface area contributed by atoms with Crippen molar-refractivity contribution in [3.63, 3.8) is 0 Å². The van der Waals surface area contributed by atoms with Crippen LogP contribution in [0.2, 0.25) is 0 Å². The van der Waals surface area contributed by atoms with E-state index in [2.05, 4.69) is 15.9 Å². The second-order valence-electron chi connectivity index (χ2n) is 4.33. The van der Waals surface area contributed by atoms with Gasteiger partial charge in [0.2, 0.25) is 0 Å². The minimum atomic E-state index is -0.533. The van der Waals surface area contributed by atoms with Gasteiger partial charge in [-0.1, -0.05) is 12.1 Å². The molecule has 2 aromatic rings. The summed E-state index contributed by atoms with van der Waals surface area (Å²) in [7, 11) is 0. The van der Waals surface area contributed by atoms with E-state index in [1.54, 1.807) is 18.2 Å². The molecule has 1 atom stereocenters. The lowest BCUT2D eigenvalue weighted by molar-refractivity contribution is 0.0876. The molecule has 3 nitrogen and oxygen atoms in total. The molecule has 0 aromatic heterocycles. The molecule has 0 aliphatic carbocycles. The third-order valence-electron chi connectivity index (χ3n) is 3.06. The molecule has 1 heterocycles. The summed E-state index contributed by atoms with van der Waals surface area (Å²) in [4.78, 5) is 0. The minimum Gasteiger partial charge on any atom is -0.485 e. The molecule has 0 spiro atoms. The van der Waals surface area contributed by atoms with E-state index < -0.39 is 11.9 Å². The minimum absolute atomic E-state index is 0.228. The van der Waals surface area contributed by atoms with Crippen LogP contribution in [0, 0.1) is 17.1 Å². The summed E-state index contributed by atoms with van der Waals surface area (Å²) < 4.78 is 26.2. The third-order valence-corrected chi connectivity index (χ3v) is 3.68. The lowest BCUT2D eigenvalue weighted by Crippen LogP contribution is -2.22. The van der Waals surface area contributed by atoms with Gasteiger partial charge in [0.1, 0.15) is 12.4 Å². The number of fused-ring (bicyclic) bond motifs is 1. The fraction of sp³-hybridized carbons (Fsp3) is 0.133. The second-order valence-corrected chi connectivity index (χ2v) is 5.19. The van der Waals surface area contributed by atoms with Crippen LogP contribution in [0.25, 0.3) is 0 Å². The summed E-state index contributed by atoms with van der Waals surface area (Å²) in [6.07, 6.45) is -0.533. The van der Waals surface area contributed by atoms with Gasteiger partial charge < -0.3 is 9.47 Å². The van der Waals surface area contributed by atoms with Gasteiger partial charge in [0.05, 0.1) is 16.1 Å². The quantitative estimate of drug-likeness (QED) is 0.792. The Morgan fingerprint density at radius 3 is 2.90 bits per heavy atom. The molecule has 2 aromatic carbocycles. The Balaban J connectivity index is 1.95. The van der Waals surface area contributed by atoms with Crippen molar-refractivity contribution < 1.29 is 13.9 Å². The van der Waals surface area contributed by atoms with Gasteiger partial charge in [0, 0.05) is 5.56 Å². The van der Waals surface area contributed by atoms with E-state index in [9.17, 15) is 4.39 Å². The number of hydrogen-bond acceptors (Lipinski definition) is 3. The van der Waals surface area contributed by atoms with Gasteiger partial charge in [-0.15, -0.1) is 0 Å². The average molecular weight is 334 g/mol. The zero-order valence-corrected chi connectivity index (χ0v) is 11.9. The number of para-hydroxylation sites is 1. The monoisotopic (exact) mass is 333 g/mol. The molecule has 1 aliphatic rings. The van der Waals surface area contributed by atoms with Crippen LogP contribution in [-0.2, 0) is 0 Å². The molecule has 0 saturated carbocycles. The van der Waals surface area contributed by atoms with Crippen molar-refractivity contribution in [1.29, 1.82) is 5.26 Å². The maximum absolute atomic E-state index is 14.0. The molecule has 1 unspecified atom stereocenters. The molecule has 20 heavy (non-hydrogen) atoms. The largest absolute Gasteiger partial charge is 0.485 e. The Bertz CT molecular complexity index is 712. The molecule has 0 radical (unpaired) electrons. The van der Waals surface area contributed by atoms with Crippen molar-refractivity contribution in [2.45, 2.75) is 6.10 Å². The van der Waals surface area contributed by atoms with Gasteiger partial charge in [0.15, 0.2) is 17.6 Å². The normalized spacial score (nSPS) is 16.6. The van der Waals surface area contributed by atoms with Crippen molar-refractivity contribution in [1.82, 2.24) is 0 Å². The van der Waals surface area contributed by atoms with E-state index in [-0.39, 0.29) is 12.2 Å². The Hall–Kier alpha value is -2.06. The SMILES string of the molecule is N#Cc1ccc(C2COc3cccc(Br)c3O2)c(F)c1. The number of halogens is 2. The standard InChI is InChI=1S/C15H9BrFNO2/c16-11-2-1-3-13-15(11)20-14(8-19-13)10-5-4-9(7-18)6-12(10)17/h1-6,14H,8H2. The topological polar surface area (TPSA) is 42.2 Å². The lowest BCUT2D eigenvalue weighted by atomic mass is 10.1. The number of rotatable bonds is 1. The highest BCUT2D eigenvalue weighted by atomic mass is 79.9. The molecule has 5 heteroatoms. The fourth-order valence-electron chi connectivity index (χ4n) is 2.07. The second kappa shape index (κ2) is 5.14. The third kappa shape index (κ3) is 2.23. The first-order valence-electron chi connectivity index (χ1n) is 5.96. The van der Waals surface area contributed by atoms with Crippen molar-refractivity contribution in [2.75, 3.05) is 6.61 Å². The van der Waals surface area contributed by atoms with Crippen molar-refractivity contribution >= 4 is 15.9 Å². The van der Waals surface area contributed by atoms with Crippen LogP contribution in [0.3, 0.4) is 0 Å². The summed E-state index contributed by atoms with van der Waals surface area (Å²) in [5.41, 5.74) is 0.662. The number of nitriles is 1. The molecular formula is C15H9BrFNO2. The first-order valence-corrected chi connectivity index (χ1v) is 6.76. The maximum Gasteiger partial charge on any atom is 0.176 e. The highest BCUT2D eigenvalue weighted by Crippen LogP contribution is 2.41. The highest BCUT2D eigenvalue weighted by molar-refractivity contribution is 9.10. The van der Waals surface area contributed by atoms with E-state index in [0.29, 0.717) is 17.1 Å². The van der Waals surface area contributed by atoms with E-state index in [4.69, 9.17) is 14.7 Å². The Labute approximate surface area is 123 Å². The molecule has 0 amide bonds. The molecule has 0 saturated heterocycles. The van der Waals surface area contributed by atoms with Crippen molar-refractivity contribution in [2.24, 2.45) is 0 Å². The molecule has 3 rings (SSSR count). The number of nitrogens with zero attached hydrogens (tertiary/aromatic N) is 1. The van der Waals surface area contributed by atoms with E-state index in [1.165, 1.54) is 6.07 Å². The van der Waals surface area contributed by atoms with Gasteiger partial charge in [-0.2, -0.15) is 5.26 Å². The Kier molecular flexibility index (Phi) is 3.33. The van der Waals surface area contributed by atoms with Crippen molar-refractivity contribution in [3.05, 3.63) is 57.8 Å². The summed E-state index contributed by atoms with van der Waals surface area (Å²) in [6.45, 7) is 0.228. The average Bonchev–Trinajstić information content (AvgIpc) is 2.47. The smallest absolute Gasteiger partial charge is 0.176 e. The first-order chi connectivity index (χ1) is 9.69. The predicted octanol–water partition coefficient (Wildman–Crippen LogP) is 3.97. The van der Waals surface area contributed by atoms with Crippen LogP contribution in [0.15, 0.2) is 40.9 Å². The summed E-state index contributed by atoms with van der Waals surface area (Å²) in [5, 5.41) is 8.75. The van der Waals surface area contributed by atoms with Gasteiger partial charge in [0.25, 0.3) is 0 Å². The molecule has 1 aliphatic heterocycles. The van der Waals surface area contributed by atoms with Crippen LogP contribution < -0.4 is 9.47 Å². The Morgan fingerprint density at radius 2 is 2.15 bits per heavy atom. The lowest BCUT2D eigenvalue weighted by Gasteiger charge is -2.27. The zero-order chi connectivity index (χ0) is 14.1. The van der Waals surface area contributed by atoms with Gasteiger partial charge in [-0.05, 0) is 40.2 Å². The predicted molar refractivity (Wildman–Crippen MR) is 74.1 cm³/mol. The van der Waals surface area contributed by atoms with Gasteiger partial charge in [-0.3, -0.25) is 0 Å². The molecule has 0 N–H and O–H groups in total. The van der Waals surface area contributed by atoms with Gasteiger partial charge in [-0.25, -0.2) is 4.39 Å². The number of hydrogen-bond donors (Lipinski definition) is 0. The van der Waals surface area contributed by atoms with Crippen LogP contribution in [0.4, 0.5) is 4.39 Å². The van der Waals surface area contributed by atoms with Crippen LogP contribution >= 0.6 is 15.9 Å². The molecule has 0 fully saturated rings. The molecule has 0 bridgehead atoms. The molecule has 100 valence electrons. The van der Waals surface area contributed by atoms with E-state index >= 15 is 0 Å². The number of ether oxygens (including phenoxy) is 2. The van der Waals surface area contributed by atoms with E-state index in [0.717, 1.165) is 4.47 Å².